The molecule has 0 saturated carbocycles. The summed E-state index contributed by atoms with van der Waals surface area (Å²) in [5.74, 6) is 0.592. The molecule has 0 radical (unpaired) electrons. The monoisotopic (exact) mass is 273 g/mol. The van der Waals surface area contributed by atoms with Crippen LogP contribution in [-0.4, -0.2) is 4.98 Å². The van der Waals surface area contributed by atoms with Crippen LogP contribution in [0.15, 0.2) is 6.20 Å². The molecule has 0 N–H and O–H groups in total. The molecule has 0 aliphatic heterocycles. The van der Waals surface area contributed by atoms with Crippen molar-refractivity contribution in [1.29, 1.82) is 0 Å². The number of rotatable bonds is 2. The Bertz CT molecular complexity index is 170. The maximum absolute atomic E-state index is 5.57. The first-order valence-corrected chi connectivity index (χ1v) is 5.30. The molecule has 1 aromatic heterocycles. The second-order valence-electron chi connectivity index (χ2n) is 1.49. The average Bonchev–Trinajstić information content (AvgIpc) is 2.34. The Labute approximate surface area is 76.6 Å². The van der Waals surface area contributed by atoms with Crippen LogP contribution in [-0.2, 0) is 10.3 Å². The number of alkyl halides is 2. The van der Waals surface area contributed by atoms with Gasteiger partial charge in [-0.05, 0) is 0 Å². The Balaban J connectivity index is 2.74. The van der Waals surface area contributed by atoms with Gasteiger partial charge in [-0.25, -0.2) is 4.98 Å². The third-order valence-electron chi connectivity index (χ3n) is 0.847. The summed E-state index contributed by atoms with van der Waals surface area (Å²) in [5, 5.41) is 1.16. The van der Waals surface area contributed by atoms with Gasteiger partial charge in [0.25, 0.3) is 0 Å². The summed E-state index contributed by atoms with van der Waals surface area (Å²) in [6, 6.07) is 0. The third kappa shape index (κ3) is 2.05. The van der Waals surface area contributed by atoms with Crippen LogP contribution in [0.5, 0.6) is 0 Å². The lowest BCUT2D eigenvalue weighted by Crippen LogP contribution is -1.66. The molecule has 0 aliphatic rings. The van der Waals surface area contributed by atoms with E-state index in [1.165, 1.54) is 0 Å². The molecule has 0 fully saturated rings. The first-order valence-electron chi connectivity index (χ1n) is 2.42. The van der Waals surface area contributed by atoms with Gasteiger partial charge in [0.05, 0.1) is 10.3 Å². The number of hydrogen-bond donors (Lipinski definition) is 0. The molecule has 0 bridgehead atoms. The highest BCUT2D eigenvalue weighted by molar-refractivity contribution is 14.1. The maximum atomic E-state index is 5.57. The Morgan fingerprint density at radius 2 is 2.56 bits per heavy atom. The van der Waals surface area contributed by atoms with Crippen LogP contribution in [0.25, 0.3) is 0 Å². The Morgan fingerprint density at radius 3 is 2.89 bits per heavy atom. The van der Waals surface area contributed by atoms with Gasteiger partial charge in [-0.15, -0.1) is 22.9 Å². The van der Waals surface area contributed by atoms with Gasteiger partial charge >= 0.3 is 0 Å². The highest BCUT2D eigenvalue weighted by Crippen LogP contribution is 2.16. The lowest BCUT2D eigenvalue weighted by atomic mass is 10.6. The third-order valence-corrected chi connectivity index (χ3v) is 3.53. The molecule has 4 heteroatoms. The second kappa shape index (κ2) is 3.73. The Kier molecular flexibility index (Phi) is 3.21. The van der Waals surface area contributed by atoms with E-state index in [4.69, 9.17) is 11.6 Å². The van der Waals surface area contributed by atoms with E-state index in [9.17, 15) is 0 Å². The molecule has 1 aromatic rings. The molecule has 1 heterocycles. The molecule has 9 heavy (non-hydrogen) atoms. The number of nitrogens with zero attached hydrogens (tertiary/aromatic N) is 1. The first-order chi connectivity index (χ1) is 4.36. The van der Waals surface area contributed by atoms with Crippen molar-refractivity contribution >= 4 is 45.5 Å². The summed E-state index contributed by atoms with van der Waals surface area (Å²) in [5.41, 5.74) is 0. The van der Waals surface area contributed by atoms with E-state index in [1.807, 2.05) is 6.20 Å². The van der Waals surface area contributed by atoms with Crippen molar-refractivity contribution in [2.45, 2.75) is 10.3 Å². The molecular formula is C5H5ClINS. The number of hydrogen-bond acceptors (Lipinski definition) is 2. The van der Waals surface area contributed by atoms with E-state index in [1.54, 1.807) is 11.3 Å². The van der Waals surface area contributed by atoms with Crippen LogP contribution in [0, 0.1) is 0 Å². The number of aromatic nitrogens is 1. The standard InChI is InChI=1S/C5H5ClINS/c6-1-4-3-8-5(2-7)9-4/h3H,1-2H2. The Hall–Kier alpha value is 0.650. The summed E-state index contributed by atoms with van der Waals surface area (Å²) in [6.07, 6.45) is 1.84. The van der Waals surface area contributed by atoms with Gasteiger partial charge in [-0.1, -0.05) is 22.6 Å². The minimum absolute atomic E-state index is 0.592. The predicted octanol–water partition coefficient (Wildman–Crippen LogP) is 2.82. The van der Waals surface area contributed by atoms with Crippen LogP contribution in [0.3, 0.4) is 0 Å². The van der Waals surface area contributed by atoms with Crippen LogP contribution < -0.4 is 0 Å². The zero-order valence-electron chi connectivity index (χ0n) is 4.60. The van der Waals surface area contributed by atoms with Crippen LogP contribution >= 0.6 is 45.5 Å². The smallest absolute Gasteiger partial charge is 0.103 e. The SMILES string of the molecule is ClCc1cnc(CI)s1. The van der Waals surface area contributed by atoms with Crippen LogP contribution in [0.1, 0.15) is 9.88 Å². The van der Waals surface area contributed by atoms with Crippen molar-refractivity contribution in [3.63, 3.8) is 0 Å². The van der Waals surface area contributed by atoms with E-state index < -0.39 is 0 Å². The van der Waals surface area contributed by atoms with Gasteiger partial charge in [0, 0.05) is 11.1 Å². The molecule has 0 unspecified atom stereocenters. The minimum Gasteiger partial charge on any atom is -0.249 e. The van der Waals surface area contributed by atoms with E-state index in [0.717, 1.165) is 14.3 Å². The van der Waals surface area contributed by atoms with Crippen molar-refractivity contribution in [2.75, 3.05) is 0 Å². The van der Waals surface area contributed by atoms with Crippen molar-refractivity contribution in [1.82, 2.24) is 4.98 Å². The summed E-state index contributed by atoms with van der Waals surface area (Å²) < 4.78 is 0.985. The Morgan fingerprint density at radius 1 is 1.78 bits per heavy atom. The predicted molar refractivity (Wildman–Crippen MR) is 49.4 cm³/mol. The normalized spacial score (nSPS) is 10.0. The van der Waals surface area contributed by atoms with Crippen LogP contribution in [0.2, 0.25) is 0 Å². The van der Waals surface area contributed by atoms with Gasteiger partial charge < -0.3 is 0 Å². The summed E-state index contributed by atoms with van der Waals surface area (Å²) in [7, 11) is 0. The number of halogens is 2. The minimum atomic E-state index is 0.592. The fourth-order valence-corrected chi connectivity index (χ4v) is 1.99. The summed E-state index contributed by atoms with van der Waals surface area (Å²) in [4.78, 5) is 5.29. The molecule has 50 valence electrons. The zero-order valence-corrected chi connectivity index (χ0v) is 8.33. The quantitative estimate of drug-likeness (QED) is 0.596. The van der Waals surface area contributed by atoms with E-state index in [0.29, 0.717) is 5.88 Å². The molecule has 0 aliphatic carbocycles. The van der Waals surface area contributed by atoms with Gasteiger partial charge in [0.1, 0.15) is 5.01 Å². The van der Waals surface area contributed by atoms with Crippen molar-refractivity contribution < 1.29 is 0 Å². The van der Waals surface area contributed by atoms with Crippen LogP contribution in [0.4, 0.5) is 0 Å². The summed E-state index contributed by atoms with van der Waals surface area (Å²) >= 11 is 9.54. The van der Waals surface area contributed by atoms with Crippen molar-refractivity contribution in [2.24, 2.45) is 0 Å². The molecule has 0 saturated heterocycles. The molecule has 0 spiro atoms. The second-order valence-corrected chi connectivity index (χ2v) is 3.72. The molecular weight excluding hydrogens is 268 g/mol. The first kappa shape index (κ1) is 7.75. The topological polar surface area (TPSA) is 12.9 Å². The average molecular weight is 274 g/mol. The molecule has 0 aromatic carbocycles. The molecule has 1 rings (SSSR count). The van der Waals surface area contributed by atoms with Gasteiger partial charge in [0.2, 0.25) is 0 Å². The molecule has 0 atom stereocenters. The lowest BCUT2D eigenvalue weighted by molar-refractivity contribution is 1.27. The lowest BCUT2D eigenvalue weighted by Gasteiger charge is -1.79. The highest BCUT2D eigenvalue weighted by Gasteiger charge is 1.96. The van der Waals surface area contributed by atoms with E-state index in [2.05, 4.69) is 27.6 Å². The van der Waals surface area contributed by atoms with E-state index >= 15 is 0 Å². The fourth-order valence-electron chi connectivity index (χ4n) is 0.472. The molecule has 1 nitrogen and oxygen atoms in total. The largest absolute Gasteiger partial charge is 0.249 e. The number of thiazole rings is 1. The van der Waals surface area contributed by atoms with Gasteiger partial charge in [-0.2, -0.15) is 0 Å². The fraction of sp³-hybridized carbons (Fsp3) is 0.400. The van der Waals surface area contributed by atoms with Gasteiger partial charge in [-0.3, -0.25) is 0 Å². The summed E-state index contributed by atoms with van der Waals surface area (Å²) in [6.45, 7) is 0. The molecule has 0 amide bonds. The van der Waals surface area contributed by atoms with Crippen molar-refractivity contribution in [3.8, 4) is 0 Å². The van der Waals surface area contributed by atoms with E-state index in [-0.39, 0.29) is 0 Å². The zero-order chi connectivity index (χ0) is 6.69. The highest BCUT2D eigenvalue weighted by atomic mass is 127. The van der Waals surface area contributed by atoms with Gasteiger partial charge in [0.15, 0.2) is 0 Å². The van der Waals surface area contributed by atoms with Crippen molar-refractivity contribution in [3.05, 3.63) is 16.1 Å². The maximum Gasteiger partial charge on any atom is 0.103 e.